The Morgan fingerprint density at radius 3 is 2.76 bits per heavy atom. The highest BCUT2D eigenvalue weighted by Gasteiger charge is 2.33. The van der Waals surface area contributed by atoms with Gasteiger partial charge in [-0.05, 0) is 25.0 Å². The Hall–Kier alpha value is -1.53. The maximum absolute atomic E-state index is 12.6. The Balaban J connectivity index is 1.72. The quantitative estimate of drug-likeness (QED) is 0.897. The first-order valence-electron chi connectivity index (χ1n) is 7.13. The number of para-hydroxylation sites is 1. The molecule has 1 amide bonds. The summed E-state index contributed by atoms with van der Waals surface area (Å²) >= 11 is 1.76. The predicted octanol–water partition coefficient (Wildman–Crippen LogP) is 1.67. The van der Waals surface area contributed by atoms with Crippen LogP contribution >= 0.6 is 11.8 Å². The van der Waals surface area contributed by atoms with Crippen LogP contribution in [0.3, 0.4) is 0 Å². The van der Waals surface area contributed by atoms with E-state index in [0.29, 0.717) is 6.54 Å². The van der Waals surface area contributed by atoms with Gasteiger partial charge in [-0.3, -0.25) is 14.5 Å². The number of hydrogen-bond acceptors (Lipinski definition) is 4. The number of aliphatic carboxylic acids is 1. The number of carbonyl (C=O) groups excluding carboxylic acids is 1. The van der Waals surface area contributed by atoms with Crippen LogP contribution in [0.2, 0.25) is 0 Å². The fraction of sp³-hybridized carbons (Fsp3) is 0.467. The number of hydrogen-bond donors (Lipinski definition) is 1. The van der Waals surface area contributed by atoms with Gasteiger partial charge in [-0.1, -0.05) is 12.1 Å². The van der Waals surface area contributed by atoms with E-state index in [-0.39, 0.29) is 25.0 Å². The van der Waals surface area contributed by atoms with Crippen LogP contribution in [0.25, 0.3) is 0 Å². The molecule has 1 fully saturated rings. The molecule has 1 saturated carbocycles. The van der Waals surface area contributed by atoms with Crippen LogP contribution < -0.4 is 4.90 Å². The van der Waals surface area contributed by atoms with Gasteiger partial charge in [0.1, 0.15) is 0 Å². The number of anilines is 1. The molecule has 1 heterocycles. The van der Waals surface area contributed by atoms with Gasteiger partial charge in [-0.15, -0.1) is 11.8 Å². The normalized spacial score (nSPS) is 17.7. The lowest BCUT2D eigenvalue weighted by molar-refractivity contribution is -0.138. The van der Waals surface area contributed by atoms with Crippen LogP contribution in [0.4, 0.5) is 5.69 Å². The van der Waals surface area contributed by atoms with E-state index in [1.165, 1.54) is 0 Å². The van der Waals surface area contributed by atoms with Gasteiger partial charge >= 0.3 is 5.97 Å². The third-order valence-electron chi connectivity index (χ3n) is 3.77. The lowest BCUT2D eigenvalue weighted by Gasteiger charge is -2.31. The first-order chi connectivity index (χ1) is 10.1. The maximum Gasteiger partial charge on any atom is 0.317 e. The van der Waals surface area contributed by atoms with Crippen LogP contribution in [0.1, 0.15) is 12.8 Å². The van der Waals surface area contributed by atoms with E-state index in [0.717, 1.165) is 29.2 Å². The van der Waals surface area contributed by atoms with Crippen molar-refractivity contribution in [1.29, 1.82) is 0 Å². The summed E-state index contributed by atoms with van der Waals surface area (Å²) in [6, 6.07) is 8.15. The molecule has 2 aliphatic rings. The third kappa shape index (κ3) is 3.39. The number of amides is 1. The summed E-state index contributed by atoms with van der Waals surface area (Å²) in [5.74, 6) is 0.00526. The first kappa shape index (κ1) is 14.4. The Labute approximate surface area is 127 Å². The summed E-state index contributed by atoms with van der Waals surface area (Å²) in [5, 5.41) is 8.97. The Morgan fingerprint density at radius 1 is 1.29 bits per heavy atom. The SMILES string of the molecule is O=C(O)CN(CC(=O)N1CCSc2ccccc21)C1CC1. The average Bonchev–Trinajstić information content (AvgIpc) is 3.30. The van der Waals surface area contributed by atoms with E-state index >= 15 is 0 Å². The number of rotatable bonds is 5. The summed E-state index contributed by atoms with van der Waals surface area (Å²) < 4.78 is 0. The van der Waals surface area contributed by atoms with Crippen molar-refractivity contribution in [2.75, 3.05) is 30.3 Å². The maximum atomic E-state index is 12.6. The summed E-state index contributed by atoms with van der Waals surface area (Å²) in [7, 11) is 0. The Morgan fingerprint density at radius 2 is 2.05 bits per heavy atom. The summed E-state index contributed by atoms with van der Waals surface area (Å²) in [5.41, 5.74) is 0.949. The molecule has 21 heavy (non-hydrogen) atoms. The van der Waals surface area contributed by atoms with E-state index < -0.39 is 5.97 Å². The van der Waals surface area contributed by atoms with Crippen molar-refractivity contribution in [3.8, 4) is 0 Å². The molecule has 1 aliphatic carbocycles. The molecule has 0 spiro atoms. The molecule has 6 heteroatoms. The molecule has 1 N–H and O–H groups in total. The second-order valence-electron chi connectivity index (χ2n) is 5.39. The molecule has 0 saturated heterocycles. The number of fused-ring (bicyclic) bond motifs is 1. The van der Waals surface area contributed by atoms with Crippen LogP contribution in [0.15, 0.2) is 29.2 Å². The second-order valence-corrected chi connectivity index (χ2v) is 6.53. The number of carboxylic acid groups (broad SMARTS) is 1. The van der Waals surface area contributed by atoms with E-state index in [2.05, 4.69) is 0 Å². The van der Waals surface area contributed by atoms with Crippen LogP contribution in [0, 0.1) is 0 Å². The topological polar surface area (TPSA) is 60.9 Å². The standard InChI is InChI=1S/C15H18N2O3S/c18-14(9-16(10-15(19)20)11-5-6-11)17-7-8-21-13-4-2-1-3-12(13)17/h1-4,11H,5-10H2,(H,19,20). The van der Waals surface area contributed by atoms with Gasteiger partial charge in [-0.2, -0.15) is 0 Å². The van der Waals surface area contributed by atoms with Gasteiger partial charge in [0, 0.05) is 23.2 Å². The van der Waals surface area contributed by atoms with Crippen molar-refractivity contribution in [3.63, 3.8) is 0 Å². The molecule has 0 atom stereocenters. The molecule has 0 unspecified atom stereocenters. The molecule has 5 nitrogen and oxygen atoms in total. The summed E-state index contributed by atoms with van der Waals surface area (Å²) in [6.07, 6.45) is 1.99. The van der Waals surface area contributed by atoms with Crippen molar-refractivity contribution in [3.05, 3.63) is 24.3 Å². The Bertz CT molecular complexity index is 560. The van der Waals surface area contributed by atoms with Crippen LogP contribution in [-0.2, 0) is 9.59 Å². The average molecular weight is 306 g/mol. The van der Waals surface area contributed by atoms with Gasteiger partial charge in [-0.25, -0.2) is 0 Å². The summed E-state index contributed by atoms with van der Waals surface area (Å²) in [4.78, 5) is 28.2. The molecule has 112 valence electrons. The smallest absolute Gasteiger partial charge is 0.317 e. The lowest BCUT2D eigenvalue weighted by atomic mass is 10.2. The molecule has 3 rings (SSSR count). The van der Waals surface area contributed by atoms with E-state index in [9.17, 15) is 9.59 Å². The zero-order valence-electron chi connectivity index (χ0n) is 11.7. The third-order valence-corrected chi connectivity index (χ3v) is 4.81. The van der Waals surface area contributed by atoms with Crippen molar-refractivity contribution < 1.29 is 14.7 Å². The largest absolute Gasteiger partial charge is 0.480 e. The molecule has 1 aliphatic heterocycles. The molecule has 0 radical (unpaired) electrons. The fourth-order valence-electron chi connectivity index (χ4n) is 2.62. The number of thioether (sulfide) groups is 1. The molecule has 0 bridgehead atoms. The first-order valence-corrected chi connectivity index (χ1v) is 8.12. The molecular formula is C15H18N2O3S. The number of carboxylic acids is 1. The van der Waals surface area contributed by atoms with Gasteiger partial charge in [0.25, 0.3) is 0 Å². The van der Waals surface area contributed by atoms with Gasteiger partial charge in [0.2, 0.25) is 5.91 Å². The fourth-order valence-corrected chi connectivity index (χ4v) is 3.61. The molecule has 1 aromatic carbocycles. The monoisotopic (exact) mass is 306 g/mol. The van der Waals surface area contributed by atoms with Gasteiger partial charge in [0.05, 0.1) is 18.8 Å². The molecule has 0 aromatic heterocycles. The zero-order valence-corrected chi connectivity index (χ0v) is 12.5. The molecule has 1 aromatic rings. The van der Waals surface area contributed by atoms with E-state index in [1.54, 1.807) is 21.6 Å². The minimum Gasteiger partial charge on any atom is -0.480 e. The van der Waals surface area contributed by atoms with Crippen molar-refractivity contribution in [2.24, 2.45) is 0 Å². The number of nitrogens with zero attached hydrogens (tertiary/aromatic N) is 2. The van der Waals surface area contributed by atoms with Crippen LogP contribution in [-0.4, -0.2) is 53.3 Å². The highest BCUT2D eigenvalue weighted by atomic mass is 32.2. The number of carbonyl (C=O) groups is 2. The van der Waals surface area contributed by atoms with Crippen molar-refractivity contribution in [2.45, 2.75) is 23.8 Å². The zero-order chi connectivity index (χ0) is 14.8. The highest BCUT2D eigenvalue weighted by Crippen LogP contribution is 2.34. The highest BCUT2D eigenvalue weighted by molar-refractivity contribution is 7.99. The predicted molar refractivity (Wildman–Crippen MR) is 81.7 cm³/mol. The van der Waals surface area contributed by atoms with E-state index in [4.69, 9.17) is 5.11 Å². The van der Waals surface area contributed by atoms with E-state index in [1.807, 2.05) is 24.3 Å². The van der Waals surface area contributed by atoms with Crippen LogP contribution in [0.5, 0.6) is 0 Å². The molecular weight excluding hydrogens is 288 g/mol. The second kappa shape index (κ2) is 6.07. The Kier molecular flexibility index (Phi) is 4.17. The minimum absolute atomic E-state index is 0.00380. The lowest BCUT2D eigenvalue weighted by Crippen LogP contribution is -2.45. The summed E-state index contributed by atoms with van der Waals surface area (Å²) in [6.45, 7) is 0.822. The van der Waals surface area contributed by atoms with Crippen molar-refractivity contribution in [1.82, 2.24) is 4.90 Å². The number of benzene rings is 1. The van der Waals surface area contributed by atoms with Gasteiger partial charge < -0.3 is 10.0 Å². The minimum atomic E-state index is -0.871. The van der Waals surface area contributed by atoms with Gasteiger partial charge in [0.15, 0.2) is 0 Å². The van der Waals surface area contributed by atoms with Crippen molar-refractivity contribution >= 4 is 29.3 Å².